The minimum Gasteiger partial charge on any atom is -0.508 e. The number of fused-ring (bicyclic) bond motifs is 1. The van der Waals surface area contributed by atoms with Gasteiger partial charge >= 0.3 is 6.09 Å². The lowest BCUT2D eigenvalue weighted by Crippen LogP contribution is -2.51. The Hall–Kier alpha value is -2.76. The molecule has 1 heterocycles. The summed E-state index contributed by atoms with van der Waals surface area (Å²) in [6.07, 6.45) is -0.348. The number of hydrogen-bond donors (Lipinski definition) is 1. The molecule has 2 amide bonds. The van der Waals surface area contributed by atoms with Crippen molar-refractivity contribution >= 4 is 22.8 Å². The topological polar surface area (TPSA) is 70.1 Å². The molecule has 0 aliphatic carbocycles. The maximum absolute atomic E-state index is 12.9. The third-order valence-corrected chi connectivity index (χ3v) is 4.31. The number of benzene rings is 2. The van der Waals surface area contributed by atoms with Crippen LogP contribution in [-0.2, 0) is 4.74 Å². The number of hydrogen-bond acceptors (Lipinski definition) is 4. The zero-order chi connectivity index (χ0) is 18.9. The quantitative estimate of drug-likeness (QED) is 0.852. The summed E-state index contributed by atoms with van der Waals surface area (Å²) < 4.78 is 5.38. The lowest BCUT2D eigenvalue weighted by molar-refractivity contribution is 0.0141. The Balaban J connectivity index is 1.72. The number of carbonyl (C=O) groups excluding carboxylic acids is 2. The van der Waals surface area contributed by atoms with Crippen molar-refractivity contribution in [2.24, 2.45) is 0 Å². The second-order valence-electron chi connectivity index (χ2n) is 7.47. The standard InChI is InChI=1S/C20H24N2O4/c1-20(2,3)26-19(25)22-11-9-21(10-12-22)18(24)16-6-4-5-14-7-8-15(23)13-17(14)16/h4-8,13,23H,9-12H2,1-3H3. The van der Waals surface area contributed by atoms with E-state index in [1.807, 2.05) is 32.9 Å². The zero-order valence-electron chi connectivity index (χ0n) is 15.4. The molecule has 0 spiro atoms. The fourth-order valence-corrected chi connectivity index (χ4v) is 3.04. The van der Waals surface area contributed by atoms with E-state index in [0.717, 1.165) is 10.8 Å². The highest BCUT2D eigenvalue weighted by molar-refractivity contribution is 6.07. The average molecular weight is 356 g/mol. The summed E-state index contributed by atoms with van der Waals surface area (Å²) in [5.74, 6) is 0.0394. The van der Waals surface area contributed by atoms with Crippen LogP contribution < -0.4 is 0 Å². The molecule has 1 saturated heterocycles. The van der Waals surface area contributed by atoms with E-state index in [2.05, 4.69) is 0 Å². The van der Waals surface area contributed by atoms with Crippen LogP contribution in [0.2, 0.25) is 0 Å². The molecule has 6 nitrogen and oxygen atoms in total. The summed E-state index contributed by atoms with van der Waals surface area (Å²) in [7, 11) is 0. The molecule has 1 aliphatic rings. The zero-order valence-corrected chi connectivity index (χ0v) is 15.4. The molecule has 3 rings (SSSR count). The molecule has 0 radical (unpaired) electrons. The fourth-order valence-electron chi connectivity index (χ4n) is 3.04. The fraction of sp³-hybridized carbons (Fsp3) is 0.400. The molecule has 1 N–H and O–H groups in total. The van der Waals surface area contributed by atoms with Crippen molar-refractivity contribution in [2.45, 2.75) is 26.4 Å². The van der Waals surface area contributed by atoms with Gasteiger partial charge in [0.15, 0.2) is 0 Å². The molecular weight excluding hydrogens is 332 g/mol. The Bertz CT molecular complexity index is 833. The molecule has 2 aromatic carbocycles. The van der Waals surface area contributed by atoms with Gasteiger partial charge in [-0.15, -0.1) is 0 Å². The molecule has 1 fully saturated rings. The van der Waals surface area contributed by atoms with E-state index in [1.165, 1.54) is 0 Å². The highest BCUT2D eigenvalue weighted by Gasteiger charge is 2.28. The minimum absolute atomic E-state index is 0.0926. The number of phenolic OH excluding ortho intramolecular Hbond substituents is 1. The number of amides is 2. The lowest BCUT2D eigenvalue weighted by atomic mass is 10.0. The molecule has 0 saturated carbocycles. The summed E-state index contributed by atoms with van der Waals surface area (Å²) in [6.45, 7) is 7.29. The Kier molecular flexibility index (Phi) is 4.76. The first-order valence-electron chi connectivity index (χ1n) is 8.73. The van der Waals surface area contributed by atoms with Crippen molar-refractivity contribution in [3.8, 4) is 5.75 Å². The molecule has 26 heavy (non-hydrogen) atoms. The molecule has 6 heteroatoms. The van der Waals surface area contributed by atoms with Gasteiger partial charge in [0.1, 0.15) is 11.4 Å². The van der Waals surface area contributed by atoms with Crippen LogP contribution >= 0.6 is 0 Å². The highest BCUT2D eigenvalue weighted by atomic mass is 16.6. The molecular formula is C20H24N2O4. The third-order valence-electron chi connectivity index (χ3n) is 4.31. The van der Waals surface area contributed by atoms with Crippen molar-refractivity contribution < 1.29 is 19.4 Å². The van der Waals surface area contributed by atoms with Crippen molar-refractivity contribution in [2.75, 3.05) is 26.2 Å². The van der Waals surface area contributed by atoms with Crippen LogP contribution in [-0.4, -0.2) is 58.7 Å². The molecule has 138 valence electrons. The van der Waals surface area contributed by atoms with Crippen LogP contribution in [0.1, 0.15) is 31.1 Å². The van der Waals surface area contributed by atoms with Gasteiger partial charge < -0.3 is 19.6 Å². The summed E-state index contributed by atoms with van der Waals surface area (Å²) in [6, 6.07) is 10.5. The van der Waals surface area contributed by atoms with E-state index in [-0.39, 0.29) is 17.7 Å². The number of ether oxygens (including phenoxy) is 1. The van der Waals surface area contributed by atoms with Crippen LogP contribution in [0.3, 0.4) is 0 Å². The maximum Gasteiger partial charge on any atom is 0.410 e. The molecule has 2 aromatic rings. The van der Waals surface area contributed by atoms with E-state index in [1.54, 1.807) is 34.1 Å². The van der Waals surface area contributed by atoms with Gasteiger partial charge in [0.2, 0.25) is 0 Å². The summed E-state index contributed by atoms with van der Waals surface area (Å²) in [5, 5.41) is 11.4. The van der Waals surface area contributed by atoms with Gasteiger partial charge in [-0.25, -0.2) is 4.79 Å². The molecule has 0 bridgehead atoms. The first-order valence-corrected chi connectivity index (χ1v) is 8.73. The number of aromatic hydroxyl groups is 1. The lowest BCUT2D eigenvalue weighted by Gasteiger charge is -2.35. The maximum atomic E-state index is 12.9. The summed E-state index contributed by atoms with van der Waals surface area (Å²) in [5.41, 5.74) is 0.0266. The van der Waals surface area contributed by atoms with Gasteiger partial charge in [0, 0.05) is 31.7 Å². The van der Waals surface area contributed by atoms with E-state index >= 15 is 0 Å². The number of piperazine rings is 1. The van der Waals surface area contributed by atoms with Gasteiger partial charge in [-0.3, -0.25) is 4.79 Å². The minimum atomic E-state index is -0.533. The van der Waals surface area contributed by atoms with Gasteiger partial charge in [-0.2, -0.15) is 0 Å². The van der Waals surface area contributed by atoms with E-state index in [9.17, 15) is 14.7 Å². The van der Waals surface area contributed by atoms with Crippen molar-refractivity contribution in [3.63, 3.8) is 0 Å². The number of carbonyl (C=O) groups is 2. The predicted molar refractivity (Wildman–Crippen MR) is 99.3 cm³/mol. The van der Waals surface area contributed by atoms with E-state index in [0.29, 0.717) is 31.7 Å². The predicted octanol–water partition coefficient (Wildman–Crippen LogP) is 3.24. The monoisotopic (exact) mass is 356 g/mol. The molecule has 0 unspecified atom stereocenters. The van der Waals surface area contributed by atoms with Crippen molar-refractivity contribution in [3.05, 3.63) is 42.0 Å². The SMILES string of the molecule is CC(C)(C)OC(=O)N1CCN(C(=O)c2cccc3ccc(O)cc23)CC1. The van der Waals surface area contributed by atoms with E-state index < -0.39 is 5.60 Å². The smallest absolute Gasteiger partial charge is 0.410 e. The Labute approximate surface area is 153 Å². The first-order chi connectivity index (χ1) is 12.2. The Morgan fingerprint density at radius 3 is 2.31 bits per heavy atom. The highest BCUT2D eigenvalue weighted by Crippen LogP contribution is 2.25. The van der Waals surface area contributed by atoms with Gasteiger partial charge in [0.25, 0.3) is 5.91 Å². The van der Waals surface area contributed by atoms with Crippen LogP contribution in [0.15, 0.2) is 36.4 Å². The van der Waals surface area contributed by atoms with Crippen LogP contribution in [0.5, 0.6) is 5.75 Å². The number of nitrogens with zero attached hydrogens (tertiary/aromatic N) is 2. The Morgan fingerprint density at radius 1 is 1.00 bits per heavy atom. The molecule has 1 aliphatic heterocycles. The Morgan fingerprint density at radius 2 is 1.65 bits per heavy atom. The molecule has 0 atom stereocenters. The second kappa shape index (κ2) is 6.86. The van der Waals surface area contributed by atoms with Crippen LogP contribution in [0.4, 0.5) is 4.79 Å². The summed E-state index contributed by atoms with van der Waals surface area (Å²) >= 11 is 0. The van der Waals surface area contributed by atoms with Crippen molar-refractivity contribution in [1.29, 1.82) is 0 Å². The molecule has 0 aromatic heterocycles. The van der Waals surface area contributed by atoms with Crippen LogP contribution in [0, 0.1) is 0 Å². The average Bonchev–Trinajstić information content (AvgIpc) is 2.59. The van der Waals surface area contributed by atoms with Gasteiger partial charge in [-0.1, -0.05) is 18.2 Å². The largest absolute Gasteiger partial charge is 0.508 e. The third kappa shape index (κ3) is 3.90. The normalized spacial score (nSPS) is 15.2. The first kappa shape index (κ1) is 18.0. The van der Waals surface area contributed by atoms with Crippen molar-refractivity contribution in [1.82, 2.24) is 9.80 Å². The number of rotatable bonds is 1. The summed E-state index contributed by atoms with van der Waals surface area (Å²) in [4.78, 5) is 28.4. The number of phenols is 1. The van der Waals surface area contributed by atoms with Crippen LogP contribution in [0.25, 0.3) is 10.8 Å². The second-order valence-corrected chi connectivity index (χ2v) is 7.47. The van der Waals surface area contributed by atoms with E-state index in [4.69, 9.17) is 4.74 Å². The van der Waals surface area contributed by atoms with Gasteiger partial charge in [-0.05, 0) is 49.7 Å². The van der Waals surface area contributed by atoms with Gasteiger partial charge in [0.05, 0.1) is 0 Å².